The second-order valence-corrected chi connectivity index (χ2v) is 1.10. The van der Waals surface area contributed by atoms with Crippen LogP contribution in [0, 0.1) is 0 Å². The van der Waals surface area contributed by atoms with E-state index in [1.54, 1.807) is 0 Å². The molecule has 0 unspecified atom stereocenters. The van der Waals surface area contributed by atoms with Gasteiger partial charge in [-0.15, -0.1) is 0 Å². The summed E-state index contributed by atoms with van der Waals surface area (Å²) in [5, 5.41) is 16.1. The monoisotopic (exact) mass is 144 g/mol. The van der Waals surface area contributed by atoms with E-state index in [2.05, 4.69) is 4.74 Å². The van der Waals surface area contributed by atoms with Crippen molar-refractivity contribution in [1.82, 2.24) is 0 Å². The summed E-state index contributed by atoms with van der Waals surface area (Å²) < 4.78 is 4.20. The predicted octanol–water partition coefficient (Wildman–Crippen LogP) is -2.13. The Bertz CT molecular complexity index is 75.0. The van der Waals surface area contributed by atoms with Gasteiger partial charge in [0.1, 0.15) is 13.2 Å². The van der Waals surface area contributed by atoms with Crippen LogP contribution in [0.3, 0.4) is 0 Å². The van der Waals surface area contributed by atoms with Gasteiger partial charge in [-0.2, -0.15) is 0 Å². The molecule has 0 spiro atoms. The SMILES string of the molecule is O=C(CO)OCCO.[NaH]. The fraction of sp³-hybridized carbons (Fsp3) is 0.750. The van der Waals surface area contributed by atoms with Crippen molar-refractivity contribution in [3.8, 4) is 0 Å². The van der Waals surface area contributed by atoms with Gasteiger partial charge in [0.05, 0.1) is 6.61 Å². The molecule has 0 radical (unpaired) electrons. The Kier molecular flexibility index (Phi) is 11.3. The number of rotatable bonds is 3. The number of hydrogen-bond donors (Lipinski definition) is 2. The first-order valence-corrected chi connectivity index (χ1v) is 2.18. The van der Waals surface area contributed by atoms with E-state index in [1.165, 1.54) is 0 Å². The zero-order chi connectivity index (χ0) is 6.41. The summed E-state index contributed by atoms with van der Waals surface area (Å²) in [6, 6.07) is 0. The van der Waals surface area contributed by atoms with Crippen LogP contribution in [0.1, 0.15) is 0 Å². The van der Waals surface area contributed by atoms with E-state index in [9.17, 15) is 4.79 Å². The molecule has 0 aliphatic carbocycles. The summed E-state index contributed by atoms with van der Waals surface area (Å²) in [6.07, 6.45) is 0. The molecule has 4 nitrogen and oxygen atoms in total. The van der Waals surface area contributed by atoms with Gasteiger partial charge in [0.2, 0.25) is 0 Å². The Labute approximate surface area is 75.1 Å². The summed E-state index contributed by atoms with van der Waals surface area (Å²) >= 11 is 0. The van der Waals surface area contributed by atoms with E-state index in [1.807, 2.05) is 0 Å². The first-order valence-electron chi connectivity index (χ1n) is 2.18. The van der Waals surface area contributed by atoms with Crippen molar-refractivity contribution in [1.29, 1.82) is 0 Å². The summed E-state index contributed by atoms with van der Waals surface area (Å²) in [5.74, 6) is -0.709. The number of esters is 1. The zero-order valence-corrected chi connectivity index (χ0v) is 4.33. The molecule has 0 rings (SSSR count). The van der Waals surface area contributed by atoms with Gasteiger partial charge in [0.15, 0.2) is 0 Å². The minimum absolute atomic E-state index is 0. The third-order valence-electron chi connectivity index (χ3n) is 0.483. The van der Waals surface area contributed by atoms with Crippen molar-refractivity contribution in [2.75, 3.05) is 19.8 Å². The number of hydrogen-bond acceptors (Lipinski definition) is 4. The summed E-state index contributed by atoms with van der Waals surface area (Å²) in [4.78, 5) is 9.99. The Hall–Kier alpha value is 0.390. The van der Waals surface area contributed by atoms with Gasteiger partial charge < -0.3 is 14.9 Å². The van der Waals surface area contributed by atoms with Gasteiger partial charge >= 0.3 is 35.5 Å². The van der Waals surface area contributed by atoms with Crippen molar-refractivity contribution >= 4 is 35.5 Å². The van der Waals surface area contributed by atoms with Crippen LogP contribution in [-0.2, 0) is 9.53 Å². The van der Waals surface area contributed by atoms with Gasteiger partial charge in [0.25, 0.3) is 0 Å². The average Bonchev–Trinajstić information content (AvgIpc) is 1.83. The quantitative estimate of drug-likeness (QED) is 0.350. The number of carbonyl (C=O) groups excluding carboxylic acids is 1. The molecule has 0 aliphatic heterocycles. The van der Waals surface area contributed by atoms with E-state index in [-0.39, 0.29) is 42.8 Å². The van der Waals surface area contributed by atoms with Crippen LogP contribution in [0.5, 0.6) is 0 Å². The Morgan fingerprint density at radius 3 is 2.33 bits per heavy atom. The molecule has 0 saturated carbocycles. The van der Waals surface area contributed by atoms with Crippen LogP contribution in [0.15, 0.2) is 0 Å². The first kappa shape index (κ1) is 12.1. The maximum absolute atomic E-state index is 9.99. The van der Waals surface area contributed by atoms with E-state index in [4.69, 9.17) is 10.2 Å². The van der Waals surface area contributed by atoms with Crippen LogP contribution < -0.4 is 0 Å². The molecule has 0 bridgehead atoms. The topological polar surface area (TPSA) is 66.8 Å². The van der Waals surface area contributed by atoms with E-state index < -0.39 is 12.6 Å². The second-order valence-electron chi connectivity index (χ2n) is 1.10. The molecule has 0 aromatic heterocycles. The Morgan fingerprint density at radius 1 is 1.44 bits per heavy atom. The molecule has 0 aromatic carbocycles. The van der Waals surface area contributed by atoms with Crippen LogP contribution in [0.2, 0.25) is 0 Å². The van der Waals surface area contributed by atoms with Crippen molar-refractivity contribution in [3.05, 3.63) is 0 Å². The second kappa shape index (κ2) is 8.39. The fourth-order valence-electron chi connectivity index (χ4n) is 0.205. The molecule has 0 saturated heterocycles. The van der Waals surface area contributed by atoms with Gasteiger partial charge in [-0.3, -0.25) is 0 Å². The van der Waals surface area contributed by atoms with Crippen LogP contribution >= 0.6 is 0 Å². The normalized spacial score (nSPS) is 7.78. The fourth-order valence-corrected chi connectivity index (χ4v) is 0.205. The van der Waals surface area contributed by atoms with Crippen molar-refractivity contribution in [3.63, 3.8) is 0 Å². The summed E-state index contributed by atoms with van der Waals surface area (Å²) in [6.45, 7) is -0.870. The van der Waals surface area contributed by atoms with Gasteiger partial charge in [-0.1, -0.05) is 0 Å². The number of aliphatic hydroxyl groups is 2. The molecule has 2 N–H and O–H groups in total. The molecule has 9 heavy (non-hydrogen) atoms. The average molecular weight is 144 g/mol. The van der Waals surface area contributed by atoms with E-state index in [0.717, 1.165) is 0 Å². The standard InChI is InChI=1S/C4H8O4.Na.H/c5-1-2-8-4(7)3-6;;/h5-6H,1-3H2;;. The van der Waals surface area contributed by atoms with Crippen LogP contribution in [-0.4, -0.2) is 65.6 Å². The van der Waals surface area contributed by atoms with Crippen molar-refractivity contribution < 1.29 is 19.7 Å². The summed E-state index contributed by atoms with van der Waals surface area (Å²) in [5.41, 5.74) is 0. The first-order chi connectivity index (χ1) is 3.81. The van der Waals surface area contributed by atoms with E-state index in [0.29, 0.717) is 0 Å². The van der Waals surface area contributed by atoms with Crippen molar-refractivity contribution in [2.24, 2.45) is 0 Å². The van der Waals surface area contributed by atoms with Gasteiger partial charge in [-0.05, 0) is 0 Å². The molecule has 0 aromatic rings. The third kappa shape index (κ3) is 8.39. The molecule has 0 fully saturated rings. The molecular formula is C4H9NaO4. The Morgan fingerprint density at radius 2 is 2.00 bits per heavy atom. The Balaban J connectivity index is 0. The third-order valence-corrected chi connectivity index (χ3v) is 0.483. The van der Waals surface area contributed by atoms with Crippen molar-refractivity contribution in [2.45, 2.75) is 0 Å². The molecular weight excluding hydrogens is 135 g/mol. The van der Waals surface area contributed by atoms with E-state index >= 15 is 0 Å². The maximum atomic E-state index is 9.99. The molecule has 0 heterocycles. The number of aliphatic hydroxyl groups excluding tert-OH is 2. The predicted molar refractivity (Wildman–Crippen MR) is 32.3 cm³/mol. The molecule has 0 amide bonds. The van der Waals surface area contributed by atoms with Gasteiger partial charge in [-0.25, -0.2) is 4.79 Å². The molecule has 5 heteroatoms. The summed E-state index contributed by atoms with van der Waals surface area (Å²) in [7, 11) is 0. The number of ether oxygens (including phenoxy) is 1. The number of carbonyl (C=O) groups is 1. The zero-order valence-electron chi connectivity index (χ0n) is 4.33. The van der Waals surface area contributed by atoms with Crippen LogP contribution in [0.25, 0.3) is 0 Å². The molecule has 0 atom stereocenters. The van der Waals surface area contributed by atoms with Gasteiger partial charge in [0, 0.05) is 0 Å². The van der Waals surface area contributed by atoms with Crippen LogP contribution in [0.4, 0.5) is 0 Å². The molecule has 50 valence electrons. The minimum atomic E-state index is -0.709. The molecule has 0 aliphatic rings.